The van der Waals surface area contributed by atoms with Crippen molar-refractivity contribution in [3.63, 3.8) is 0 Å². The number of rotatable bonds is 4. The zero-order valence-corrected chi connectivity index (χ0v) is 10.6. The largest absolute Gasteiger partial charge is 0.390 e. The minimum absolute atomic E-state index is 0.197. The normalized spacial score (nSPS) is 29.4. The summed E-state index contributed by atoms with van der Waals surface area (Å²) in [6.45, 7) is 3.21. The van der Waals surface area contributed by atoms with E-state index in [9.17, 15) is 5.11 Å². The Morgan fingerprint density at radius 3 is 2.50 bits per heavy atom. The second-order valence-electron chi connectivity index (χ2n) is 5.19. The second-order valence-corrected chi connectivity index (χ2v) is 5.19. The van der Waals surface area contributed by atoms with Gasteiger partial charge in [-0.05, 0) is 12.5 Å². The zero-order valence-electron chi connectivity index (χ0n) is 10.6. The van der Waals surface area contributed by atoms with E-state index in [1.54, 1.807) is 0 Å². The van der Waals surface area contributed by atoms with E-state index >= 15 is 0 Å². The highest BCUT2D eigenvalue weighted by atomic mass is 16.3. The fourth-order valence-electron chi connectivity index (χ4n) is 2.77. The Hall–Kier alpha value is -1.38. The topological polar surface area (TPSA) is 23.2 Å². The lowest BCUT2D eigenvalue weighted by Crippen LogP contribution is -2.26. The van der Waals surface area contributed by atoms with Gasteiger partial charge in [0.05, 0.1) is 6.10 Å². The summed E-state index contributed by atoms with van der Waals surface area (Å²) < 4.78 is 0. The third kappa shape index (κ3) is 2.14. The SMILES string of the molecule is C[C@H](c1ccccc1)N1C[C@@H]1[C@H](O)C1C=CC=C1. The number of benzene rings is 1. The van der Waals surface area contributed by atoms with Crippen LogP contribution >= 0.6 is 0 Å². The van der Waals surface area contributed by atoms with Gasteiger partial charge in [0.15, 0.2) is 0 Å². The predicted octanol–water partition coefficient (Wildman–Crippen LogP) is 2.53. The number of nitrogens with zero attached hydrogens (tertiary/aromatic N) is 1. The summed E-state index contributed by atoms with van der Waals surface area (Å²) in [6, 6.07) is 11.2. The van der Waals surface area contributed by atoms with Gasteiger partial charge in [0.1, 0.15) is 0 Å². The van der Waals surface area contributed by atoms with Gasteiger partial charge in [-0.2, -0.15) is 0 Å². The van der Waals surface area contributed by atoms with Gasteiger partial charge in [-0.1, -0.05) is 54.6 Å². The summed E-state index contributed by atoms with van der Waals surface area (Å²) in [5.74, 6) is 0.197. The highest BCUT2D eigenvalue weighted by Gasteiger charge is 2.44. The number of aliphatic hydroxyl groups excluding tert-OH is 1. The van der Waals surface area contributed by atoms with Crippen molar-refractivity contribution < 1.29 is 5.11 Å². The highest BCUT2D eigenvalue weighted by Crippen LogP contribution is 2.36. The van der Waals surface area contributed by atoms with Gasteiger partial charge in [0.2, 0.25) is 0 Å². The quantitative estimate of drug-likeness (QED) is 0.819. The Labute approximate surface area is 108 Å². The van der Waals surface area contributed by atoms with Crippen molar-refractivity contribution in [1.82, 2.24) is 4.90 Å². The number of hydrogen-bond acceptors (Lipinski definition) is 2. The Bertz CT molecular complexity index is 453. The minimum atomic E-state index is -0.272. The first-order chi connectivity index (χ1) is 8.77. The van der Waals surface area contributed by atoms with Crippen LogP contribution in [-0.2, 0) is 0 Å². The van der Waals surface area contributed by atoms with Crippen molar-refractivity contribution in [3.8, 4) is 0 Å². The molecule has 2 heteroatoms. The van der Waals surface area contributed by atoms with E-state index in [0.717, 1.165) is 6.54 Å². The van der Waals surface area contributed by atoms with E-state index in [1.807, 2.05) is 18.2 Å². The van der Waals surface area contributed by atoms with Crippen molar-refractivity contribution >= 4 is 0 Å². The third-order valence-corrected chi connectivity index (χ3v) is 4.04. The van der Waals surface area contributed by atoms with Crippen molar-refractivity contribution in [2.45, 2.75) is 25.1 Å². The standard InChI is InChI=1S/C16H19NO/c1-12(13-7-3-2-4-8-13)17-11-15(17)16(18)14-9-5-6-10-14/h2-10,12,14-16,18H,11H2,1H3/t12-,15-,16-,17?/m1/s1. The lowest BCUT2D eigenvalue weighted by Gasteiger charge is -2.19. The zero-order chi connectivity index (χ0) is 12.5. The summed E-state index contributed by atoms with van der Waals surface area (Å²) in [7, 11) is 0. The highest BCUT2D eigenvalue weighted by molar-refractivity contribution is 5.24. The first kappa shape index (κ1) is 11.7. The van der Waals surface area contributed by atoms with Crippen LogP contribution in [0.2, 0.25) is 0 Å². The first-order valence-corrected chi connectivity index (χ1v) is 6.61. The maximum absolute atomic E-state index is 10.3. The molecule has 1 fully saturated rings. The molecule has 1 aromatic carbocycles. The summed E-state index contributed by atoms with van der Waals surface area (Å²) in [6.07, 6.45) is 7.91. The van der Waals surface area contributed by atoms with E-state index < -0.39 is 0 Å². The van der Waals surface area contributed by atoms with Gasteiger partial charge in [0.25, 0.3) is 0 Å². The first-order valence-electron chi connectivity index (χ1n) is 6.61. The molecule has 2 aliphatic rings. The molecular formula is C16H19NO. The van der Waals surface area contributed by atoms with Crippen LogP contribution in [0.5, 0.6) is 0 Å². The van der Waals surface area contributed by atoms with Crippen LogP contribution in [0, 0.1) is 5.92 Å². The van der Waals surface area contributed by atoms with Crippen LogP contribution in [0.4, 0.5) is 0 Å². The molecule has 4 atom stereocenters. The van der Waals surface area contributed by atoms with Gasteiger partial charge in [-0.25, -0.2) is 0 Å². The molecule has 2 nitrogen and oxygen atoms in total. The fraction of sp³-hybridized carbons (Fsp3) is 0.375. The minimum Gasteiger partial charge on any atom is -0.390 e. The molecule has 0 bridgehead atoms. The van der Waals surface area contributed by atoms with Gasteiger partial charge >= 0.3 is 0 Å². The number of aliphatic hydroxyl groups is 1. The molecular weight excluding hydrogens is 222 g/mol. The maximum Gasteiger partial charge on any atom is 0.0805 e. The summed E-state index contributed by atoms with van der Waals surface area (Å²) in [5.41, 5.74) is 1.32. The Balaban J connectivity index is 1.63. The molecule has 1 aromatic rings. The van der Waals surface area contributed by atoms with Crippen LogP contribution in [0.15, 0.2) is 54.6 Å². The lowest BCUT2D eigenvalue weighted by molar-refractivity contribution is 0.126. The Kier molecular flexibility index (Phi) is 3.06. The van der Waals surface area contributed by atoms with E-state index in [4.69, 9.17) is 0 Å². The molecule has 3 rings (SSSR count). The molecule has 1 heterocycles. The van der Waals surface area contributed by atoms with E-state index in [1.165, 1.54) is 5.56 Å². The molecule has 0 aromatic heterocycles. The average molecular weight is 241 g/mol. The average Bonchev–Trinajstić information content (AvgIpc) is 3.03. The molecule has 1 N–H and O–H groups in total. The van der Waals surface area contributed by atoms with E-state index in [0.29, 0.717) is 12.1 Å². The lowest BCUT2D eigenvalue weighted by atomic mass is 10.0. The monoisotopic (exact) mass is 241 g/mol. The number of hydrogen-bond donors (Lipinski definition) is 1. The summed E-state index contributed by atoms with van der Waals surface area (Å²) in [4.78, 5) is 2.36. The molecule has 0 saturated carbocycles. The van der Waals surface area contributed by atoms with Crippen molar-refractivity contribution in [3.05, 3.63) is 60.2 Å². The molecule has 0 spiro atoms. The molecule has 1 unspecified atom stereocenters. The van der Waals surface area contributed by atoms with E-state index in [2.05, 4.69) is 48.2 Å². The van der Waals surface area contributed by atoms with Crippen LogP contribution in [0.25, 0.3) is 0 Å². The van der Waals surface area contributed by atoms with Gasteiger partial charge in [-0.15, -0.1) is 0 Å². The molecule has 1 aliphatic carbocycles. The van der Waals surface area contributed by atoms with Gasteiger partial charge in [-0.3, -0.25) is 4.90 Å². The van der Waals surface area contributed by atoms with E-state index in [-0.39, 0.29) is 12.0 Å². The van der Waals surface area contributed by atoms with Crippen molar-refractivity contribution in [2.75, 3.05) is 6.54 Å². The summed E-state index contributed by atoms with van der Waals surface area (Å²) in [5, 5.41) is 10.3. The van der Waals surface area contributed by atoms with Crippen molar-refractivity contribution in [1.29, 1.82) is 0 Å². The van der Waals surface area contributed by atoms with Gasteiger partial charge in [0, 0.05) is 24.5 Å². The molecule has 0 radical (unpaired) electrons. The number of allylic oxidation sites excluding steroid dienone is 2. The smallest absolute Gasteiger partial charge is 0.0805 e. The van der Waals surface area contributed by atoms with Crippen LogP contribution in [0.1, 0.15) is 18.5 Å². The second kappa shape index (κ2) is 4.71. The molecule has 1 aliphatic heterocycles. The molecule has 94 valence electrons. The maximum atomic E-state index is 10.3. The Morgan fingerprint density at radius 2 is 1.83 bits per heavy atom. The van der Waals surface area contributed by atoms with Gasteiger partial charge < -0.3 is 5.11 Å². The van der Waals surface area contributed by atoms with Crippen molar-refractivity contribution in [2.24, 2.45) is 5.92 Å². The molecule has 18 heavy (non-hydrogen) atoms. The third-order valence-electron chi connectivity index (χ3n) is 4.04. The van der Waals surface area contributed by atoms with Crippen LogP contribution in [-0.4, -0.2) is 28.7 Å². The summed E-state index contributed by atoms with van der Waals surface area (Å²) >= 11 is 0. The van der Waals surface area contributed by atoms with Crippen LogP contribution < -0.4 is 0 Å². The fourth-order valence-corrected chi connectivity index (χ4v) is 2.77. The predicted molar refractivity (Wildman–Crippen MR) is 73.1 cm³/mol. The Morgan fingerprint density at radius 1 is 1.17 bits per heavy atom. The molecule has 1 saturated heterocycles. The molecule has 0 amide bonds. The van der Waals surface area contributed by atoms with Crippen LogP contribution in [0.3, 0.4) is 0 Å².